The molecule has 6 heteroatoms. The molecule has 0 aliphatic carbocycles. The molecule has 1 aliphatic rings. The van der Waals surface area contributed by atoms with Crippen LogP contribution in [-0.2, 0) is 10.2 Å². The van der Waals surface area contributed by atoms with Gasteiger partial charge in [-0.25, -0.2) is 0 Å². The van der Waals surface area contributed by atoms with Crippen molar-refractivity contribution in [2.45, 2.75) is 52.0 Å². The Hall–Kier alpha value is -0.170. The molecule has 108 valence electrons. The van der Waals surface area contributed by atoms with Gasteiger partial charge >= 0.3 is 0 Å². The van der Waals surface area contributed by atoms with E-state index in [1.807, 2.05) is 13.8 Å². The van der Waals surface area contributed by atoms with E-state index in [1.54, 1.807) is 4.31 Å². The molecule has 0 aromatic heterocycles. The molecule has 0 aromatic rings. The van der Waals surface area contributed by atoms with Crippen LogP contribution in [0.5, 0.6) is 0 Å². The van der Waals surface area contributed by atoms with E-state index in [9.17, 15) is 13.5 Å². The highest BCUT2D eigenvalue weighted by atomic mass is 32.2. The number of piperidine rings is 1. The normalized spacial score (nSPS) is 22.6. The number of hydrogen-bond acceptors (Lipinski definition) is 3. The lowest BCUT2D eigenvalue weighted by Crippen LogP contribution is -2.52. The summed E-state index contributed by atoms with van der Waals surface area (Å²) in [6.45, 7) is 5.55. The molecule has 1 heterocycles. The Kier molecular flexibility index (Phi) is 6.55. The molecule has 1 saturated heterocycles. The monoisotopic (exact) mass is 278 g/mol. The van der Waals surface area contributed by atoms with E-state index in [0.717, 1.165) is 32.1 Å². The summed E-state index contributed by atoms with van der Waals surface area (Å²) in [7, 11) is -3.40. The largest absolute Gasteiger partial charge is 0.395 e. The first-order chi connectivity index (χ1) is 8.57. The number of rotatable bonds is 7. The lowest BCUT2D eigenvalue weighted by atomic mass is 10.1. The first-order valence-corrected chi connectivity index (χ1v) is 8.35. The number of aliphatic hydroxyl groups excluding tert-OH is 1. The zero-order valence-corrected chi connectivity index (χ0v) is 12.3. The SMILES string of the molecule is CCCN(CCC)S(=O)(=O)N1CCCCC1CO. The highest BCUT2D eigenvalue weighted by Gasteiger charge is 2.35. The van der Waals surface area contributed by atoms with Crippen LogP contribution in [-0.4, -0.2) is 54.4 Å². The molecule has 0 spiro atoms. The van der Waals surface area contributed by atoms with E-state index in [4.69, 9.17) is 0 Å². The summed E-state index contributed by atoms with van der Waals surface area (Å²) in [4.78, 5) is 0. The molecule has 0 radical (unpaired) electrons. The molecule has 5 nitrogen and oxygen atoms in total. The van der Waals surface area contributed by atoms with E-state index in [-0.39, 0.29) is 12.6 Å². The predicted octanol–water partition coefficient (Wildman–Crippen LogP) is 1.20. The zero-order chi connectivity index (χ0) is 13.6. The summed E-state index contributed by atoms with van der Waals surface area (Å²) in [5.74, 6) is 0. The number of nitrogens with zero attached hydrogens (tertiary/aromatic N) is 2. The zero-order valence-electron chi connectivity index (χ0n) is 11.5. The summed E-state index contributed by atoms with van der Waals surface area (Å²) < 4.78 is 28.2. The summed E-state index contributed by atoms with van der Waals surface area (Å²) >= 11 is 0. The molecule has 0 amide bonds. The van der Waals surface area contributed by atoms with Crippen molar-refractivity contribution >= 4 is 10.2 Å². The fourth-order valence-electron chi connectivity index (χ4n) is 2.45. The molecule has 1 fully saturated rings. The molecule has 1 atom stereocenters. The second-order valence-electron chi connectivity index (χ2n) is 4.85. The standard InChI is InChI=1S/C12H26N2O3S/c1-3-8-13(9-4-2)18(16,17)14-10-6-5-7-12(14)11-15/h12,15H,3-11H2,1-2H3. The van der Waals surface area contributed by atoms with Crippen molar-refractivity contribution in [1.82, 2.24) is 8.61 Å². The summed E-state index contributed by atoms with van der Waals surface area (Å²) in [6.07, 6.45) is 4.29. The van der Waals surface area contributed by atoms with Crippen LogP contribution in [0.1, 0.15) is 46.0 Å². The third-order valence-electron chi connectivity index (χ3n) is 3.35. The van der Waals surface area contributed by atoms with Gasteiger partial charge in [0.2, 0.25) is 0 Å². The Morgan fingerprint density at radius 3 is 2.33 bits per heavy atom. The quantitative estimate of drug-likeness (QED) is 0.761. The van der Waals surface area contributed by atoms with Gasteiger partial charge in [-0.15, -0.1) is 0 Å². The smallest absolute Gasteiger partial charge is 0.282 e. The van der Waals surface area contributed by atoms with Crippen molar-refractivity contribution in [3.05, 3.63) is 0 Å². The van der Waals surface area contributed by atoms with Crippen LogP contribution in [0, 0.1) is 0 Å². The topological polar surface area (TPSA) is 60.9 Å². The summed E-state index contributed by atoms with van der Waals surface area (Å²) in [6, 6.07) is -0.236. The van der Waals surface area contributed by atoms with E-state index in [0.29, 0.717) is 19.6 Å². The highest BCUT2D eigenvalue weighted by Crippen LogP contribution is 2.22. The van der Waals surface area contributed by atoms with Crippen molar-refractivity contribution in [2.75, 3.05) is 26.2 Å². The van der Waals surface area contributed by atoms with Gasteiger partial charge in [0.05, 0.1) is 6.61 Å². The molecule has 1 aliphatic heterocycles. The first kappa shape index (κ1) is 15.9. The third kappa shape index (κ3) is 3.66. The van der Waals surface area contributed by atoms with Crippen LogP contribution < -0.4 is 0 Å². The van der Waals surface area contributed by atoms with Crippen molar-refractivity contribution in [3.63, 3.8) is 0 Å². The minimum Gasteiger partial charge on any atom is -0.395 e. The lowest BCUT2D eigenvalue weighted by molar-refractivity contribution is 0.147. The molecule has 0 aromatic carbocycles. The molecule has 1 rings (SSSR count). The highest BCUT2D eigenvalue weighted by molar-refractivity contribution is 7.86. The van der Waals surface area contributed by atoms with E-state index >= 15 is 0 Å². The van der Waals surface area contributed by atoms with Gasteiger partial charge in [0.25, 0.3) is 10.2 Å². The Morgan fingerprint density at radius 2 is 1.83 bits per heavy atom. The average Bonchev–Trinajstić information content (AvgIpc) is 2.38. The average molecular weight is 278 g/mol. The van der Waals surface area contributed by atoms with E-state index < -0.39 is 10.2 Å². The van der Waals surface area contributed by atoms with Gasteiger partial charge in [-0.1, -0.05) is 20.3 Å². The Morgan fingerprint density at radius 1 is 1.22 bits per heavy atom. The predicted molar refractivity (Wildman–Crippen MR) is 72.5 cm³/mol. The molecular formula is C12H26N2O3S. The Labute approximate surface area is 111 Å². The van der Waals surface area contributed by atoms with Crippen LogP contribution in [0.3, 0.4) is 0 Å². The third-order valence-corrected chi connectivity index (χ3v) is 5.44. The van der Waals surface area contributed by atoms with Crippen molar-refractivity contribution in [1.29, 1.82) is 0 Å². The maximum Gasteiger partial charge on any atom is 0.282 e. The minimum absolute atomic E-state index is 0.0781. The lowest BCUT2D eigenvalue weighted by Gasteiger charge is -2.37. The molecule has 18 heavy (non-hydrogen) atoms. The van der Waals surface area contributed by atoms with Crippen LogP contribution in [0.15, 0.2) is 0 Å². The van der Waals surface area contributed by atoms with E-state index in [2.05, 4.69) is 0 Å². The van der Waals surface area contributed by atoms with Crippen molar-refractivity contribution < 1.29 is 13.5 Å². The van der Waals surface area contributed by atoms with E-state index in [1.165, 1.54) is 4.31 Å². The van der Waals surface area contributed by atoms with Crippen LogP contribution in [0.2, 0.25) is 0 Å². The number of aliphatic hydroxyl groups is 1. The van der Waals surface area contributed by atoms with Gasteiger partial charge in [-0.05, 0) is 25.7 Å². The second-order valence-corrected chi connectivity index (χ2v) is 6.73. The first-order valence-electron chi connectivity index (χ1n) is 6.95. The molecule has 0 saturated carbocycles. The van der Waals surface area contributed by atoms with Crippen molar-refractivity contribution in [3.8, 4) is 0 Å². The Balaban J connectivity index is 2.86. The molecule has 1 N–H and O–H groups in total. The minimum atomic E-state index is -3.40. The fourth-order valence-corrected chi connectivity index (χ4v) is 4.48. The van der Waals surface area contributed by atoms with Gasteiger partial charge in [0.1, 0.15) is 0 Å². The van der Waals surface area contributed by atoms with Crippen molar-refractivity contribution in [2.24, 2.45) is 0 Å². The van der Waals surface area contributed by atoms with Gasteiger partial charge in [0, 0.05) is 25.7 Å². The van der Waals surface area contributed by atoms with Gasteiger partial charge in [-0.3, -0.25) is 0 Å². The van der Waals surface area contributed by atoms with Gasteiger partial charge in [0.15, 0.2) is 0 Å². The van der Waals surface area contributed by atoms with Crippen LogP contribution in [0.25, 0.3) is 0 Å². The maximum atomic E-state index is 12.6. The second kappa shape index (κ2) is 7.43. The van der Waals surface area contributed by atoms with Gasteiger partial charge in [-0.2, -0.15) is 17.0 Å². The molecule has 1 unspecified atom stereocenters. The number of hydrogen-bond donors (Lipinski definition) is 1. The summed E-state index contributed by atoms with van der Waals surface area (Å²) in [5, 5.41) is 9.34. The van der Waals surface area contributed by atoms with Crippen LogP contribution in [0.4, 0.5) is 0 Å². The van der Waals surface area contributed by atoms with Gasteiger partial charge < -0.3 is 5.11 Å². The summed E-state index contributed by atoms with van der Waals surface area (Å²) in [5.41, 5.74) is 0. The Bertz CT molecular complexity index is 326. The molecular weight excluding hydrogens is 252 g/mol. The maximum absolute atomic E-state index is 12.6. The molecule has 0 bridgehead atoms. The van der Waals surface area contributed by atoms with Crippen LogP contribution >= 0.6 is 0 Å². The fraction of sp³-hybridized carbons (Fsp3) is 1.00.